The zero-order valence-corrected chi connectivity index (χ0v) is 11.9. The van der Waals surface area contributed by atoms with Gasteiger partial charge in [0.15, 0.2) is 0 Å². The zero-order chi connectivity index (χ0) is 14.5. The van der Waals surface area contributed by atoms with Crippen LogP contribution in [0, 0.1) is 0 Å². The molecule has 7 nitrogen and oxygen atoms in total. The molecule has 2 N–H and O–H groups in total. The lowest BCUT2D eigenvalue weighted by molar-refractivity contribution is -0.122. The molecule has 2 amide bonds. The van der Waals surface area contributed by atoms with Gasteiger partial charge in [-0.15, -0.1) is 0 Å². The van der Waals surface area contributed by atoms with Crippen molar-refractivity contribution < 1.29 is 9.59 Å². The largest absolute Gasteiger partial charge is 0.347 e. The number of likely N-dealkylation sites (tertiary alicyclic amines) is 1. The molecule has 2 rings (SSSR count). The molecule has 2 heterocycles. The highest BCUT2D eigenvalue weighted by Gasteiger charge is 2.21. The number of carbonyl (C=O) groups is 2. The number of anilines is 1. The van der Waals surface area contributed by atoms with Gasteiger partial charge in [-0.2, -0.15) is 5.10 Å². The molecule has 0 saturated carbocycles. The third-order valence-corrected chi connectivity index (χ3v) is 3.47. The van der Waals surface area contributed by atoms with Crippen molar-refractivity contribution in [3.63, 3.8) is 0 Å². The van der Waals surface area contributed by atoms with E-state index in [0.717, 1.165) is 25.9 Å². The summed E-state index contributed by atoms with van der Waals surface area (Å²) in [5.74, 6) is 0.230. The van der Waals surface area contributed by atoms with E-state index in [1.807, 2.05) is 4.68 Å². The van der Waals surface area contributed by atoms with E-state index in [9.17, 15) is 9.59 Å². The quantitative estimate of drug-likeness (QED) is 0.826. The lowest BCUT2D eigenvalue weighted by Crippen LogP contribution is -2.34. The van der Waals surface area contributed by atoms with Crippen molar-refractivity contribution in [2.75, 3.05) is 32.0 Å². The van der Waals surface area contributed by atoms with Crippen LogP contribution in [0.4, 0.5) is 5.82 Å². The molecule has 0 aliphatic carbocycles. The van der Waals surface area contributed by atoms with Crippen molar-refractivity contribution >= 4 is 17.6 Å². The summed E-state index contributed by atoms with van der Waals surface area (Å²) in [6, 6.07) is 2.10. The molecule has 1 aromatic heterocycles. The van der Waals surface area contributed by atoms with Gasteiger partial charge in [0, 0.05) is 13.0 Å². The molecule has 0 radical (unpaired) electrons. The summed E-state index contributed by atoms with van der Waals surface area (Å²) < 4.78 is 1.87. The topological polar surface area (TPSA) is 79.3 Å². The van der Waals surface area contributed by atoms with Crippen molar-refractivity contribution in [1.29, 1.82) is 0 Å². The Morgan fingerprint density at radius 3 is 2.75 bits per heavy atom. The second kappa shape index (κ2) is 6.51. The van der Waals surface area contributed by atoms with Gasteiger partial charge in [0.05, 0.1) is 18.8 Å². The Hall–Kier alpha value is -1.89. The van der Waals surface area contributed by atoms with E-state index in [4.69, 9.17) is 0 Å². The van der Waals surface area contributed by atoms with E-state index < -0.39 is 0 Å². The SMILES string of the molecule is CC(=O)NCC(=O)Nc1ccnn1C1CCN(C)CC1. The fourth-order valence-corrected chi connectivity index (χ4v) is 2.34. The zero-order valence-electron chi connectivity index (χ0n) is 11.9. The van der Waals surface area contributed by atoms with Crippen LogP contribution in [0.1, 0.15) is 25.8 Å². The van der Waals surface area contributed by atoms with Crippen molar-refractivity contribution in [1.82, 2.24) is 20.0 Å². The van der Waals surface area contributed by atoms with Gasteiger partial charge in [-0.1, -0.05) is 0 Å². The Kier molecular flexibility index (Phi) is 4.73. The maximum absolute atomic E-state index is 11.7. The molecular weight excluding hydrogens is 258 g/mol. The molecule has 110 valence electrons. The Balaban J connectivity index is 1.94. The number of nitrogens with zero attached hydrogens (tertiary/aromatic N) is 3. The first kappa shape index (κ1) is 14.5. The number of nitrogens with one attached hydrogen (secondary N) is 2. The van der Waals surface area contributed by atoms with Crippen LogP contribution in [0.5, 0.6) is 0 Å². The van der Waals surface area contributed by atoms with Crippen LogP contribution < -0.4 is 10.6 Å². The highest BCUT2D eigenvalue weighted by atomic mass is 16.2. The molecule has 1 aliphatic rings. The predicted octanol–water partition coefficient (Wildman–Crippen LogP) is 0.224. The molecule has 1 aromatic rings. The minimum absolute atomic E-state index is 0.0199. The van der Waals surface area contributed by atoms with E-state index in [1.165, 1.54) is 6.92 Å². The molecule has 0 aromatic carbocycles. The van der Waals surface area contributed by atoms with Crippen molar-refractivity contribution in [2.24, 2.45) is 0 Å². The van der Waals surface area contributed by atoms with Gasteiger partial charge in [0.1, 0.15) is 5.82 Å². The van der Waals surface area contributed by atoms with Crippen LogP contribution in [0.3, 0.4) is 0 Å². The third-order valence-electron chi connectivity index (χ3n) is 3.47. The van der Waals surface area contributed by atoms with Crippen LogP contribution in [-0.4, -0.2) is 53.2 Å². The summed E-state index contributed by atoms with van der Waals surface area (Å²) in [6.45, 7) is 3.43. The maximum atomic E-state index is 11.7. The molecule has 7 heteroatoms. The van der Waals surface area contributed by atoms with E-state index in [2.05, 4.69) is 27.7 Å². The Morgan fingerprint density at radius 1 is 1.40 bits per heavy atom. The van der Waals surface area contributed by atoms with Gasteiger partial charge < -0.3 is 15.5 Å². The second-order valence-electron chi connectivity index (χ2n) is 5.15. The van der Waals surface area contributed by atoms with Gasteiger partial charge in [-0.3, -0.25) is 9.59 Å². The van der Waals surface area contributed by atoms with Gasteiger partial charge in [-0.25, -0.2) is 4.68 Å². The Bertz CT molecular complexity index is 477. The first-order valence-corrected chi connectivity index (χ1v) is 6.82. The smallest absolute Gasteiger partial charge is 0.244 e. The van der Waals surface area contributed by atoms with Crippen LogP contribution in [0.2, 0.25) is 0 Å². The molecule has 1 saturated heterocycles. The van der Waals surface area contributed by atoms with E-state index in [1.54, 1.807) is 12.3 Å². The van der Waals surface area contributed by atoms with Crippen molar-refractivity contribution in [3.05, 3.63) is 12.3 Å². The van der Waals surface area contributed by atoms with Crippen LogP contribution in [-0.2, 0) is 9.59 Å². The van der Waals surface area contributed by atoms with Gasteiger partial charge in [-0.05, 0) is 33.0 Å². The van der Waals surface area contributed by atoms with E-state index in [0.29, 0.717) is 11.9 Å². The highest BCUT2D eigenvalue weighted by molar-refractivity contribution is 5.93. The average Bonchev–Trinajstić information content (AvgIpc) is 2.85. The maximum Gasteiger partial charge on any atom is 0.244 e. The lowest BCUT2D eigenvalue weighted by Gasteiger charge is -2.30. The first-order chi connectivity index (χ1) is 9.56. The van der Waals surface area contributed by atoms with E-state index >= 15 is 0 Å². The summed E-state index contributed by atoms with van der Waals surface area (Å²) >= 11 is 0. The van der Waals surface area contributed by atoms with Crippen LogP contribution >= 0.6 is 0 Å². The van der Waals surface area contributed by atoms with Gasteiger partial charge in [0.25, 0.3) is 0 Å². The molecule has 0 atom stereocenters. The molecule has 20 heavy (non-hydrogen) atoms. The summed E-state index contributed by atoms with van der Waals surface area (Å²) in [5, 5.41) is 9.57. The molecular formula is C13H21N5O2. The molecule has 1 aliphatic heterocycles. The minimum Gasteiger partial charge on any atom is -0.347 e. The first-order valence-electron chi connectivity index (χ1n) is 6.82. The Labute approximate surface area is 118 Å². The summed E-state index contributed by atoms with van der Waals surface area (Å²) in [7, 11) is 2.11. The number of aromatic nitrogens is 2. The number of carbonyl (C=O) groups excluding carboxylic acids is 2. The monoisotopic (exact) mass is 279 g/mol. The summed E-state index contributed by atoms with van der Waals surface area (Å²) in [5.41, 5.74) is 0. The molecule has 0 spiro atoms. The Morgan fingerprint density at radius 2 is 2.10 bits per heavy atom. The normalized spacial score (nSPS) is 16.9. The lowest BCUT2D eigenvalue weighted by atomic mass is 10.1. The fraction of sp³-hybridized carbons (Fsp3) is 0.615. The second-order valence-corrected chi connectivity index (χ2v) is 5.15. The number of amides is 2. The number of piperidine rings is 1. The molecule has 0 bridgehead atoms. The number of hydrogen-bond acceptors (Lipinski definition) is 4. The predicted molar refractivity (Wildman–Crippen MR) is 75.3 cm³/mol. The van der Waals surface area contributed by atoms with Gasteiger partial charge >= 0.3 is 0 Å². The summed E-state index contributed by atoms with van der Waals surface area (Å²) in [6.07, 6.45) is 3.73. The molecule has 1 fully saturated rings. The van der Waals surface area contributed by atoms with Crippen molar-refractivity contribution in [3.8, 4) is 0 Å². The van der Waals surface area contributed by atoms with Crippen LogP contribution in [0.25, 0.3) is 0 Å². The van der Waals surface area contributed by atoms with Crippen LogP contribution in [0.15, 0.2) is 12.3 Å². The summed E-state index contributed by atoms with van der Waals surface area (Å²) in [4.78, 5) is 24.8. The average molecular weight is 279 g/mol. The minimum atomic E-state index is -0.241. The van der Waals surface area contributed by atoms with Crippen molar-refractivity contribution in [2.45, 2.75) is 25.8 Å². The van der Waals surface area contributed by atoms with E-state index in [-0.39, 0.29) is 18.4 Å². The third kappa shape index (κ3) is 3.80. The fourth-order valence-electron chi connectivity index (χ4n) is 2.34. The van der Waals surface area contributed by atoms with Gasteiger partial charge in [0.2, 0.25) is 11.8 Å². The number of hydrogen-bond donors (Lipinski definition) is 2. The highest BCUT2D eigenvalue weighted by Crippen LogP contribution is 2.24. The standard InChI is InChI=1S/C13H21N5O2/c1-10(19)14-9-13(20)16-12-3-6-15-18(12)11-4-7-17(2)8-5-11/h3,6,11H,4-5,7-9H2,1-2H3,(H,14,19)(H,16,20). The molecule has 0 unspecified atom stereocenters. The number of rotatable bonds is 4.